The molecule has 0 saturated carbocycles. The Kier molecular flexibility index (Phi) is 4.17. The summed E-state index contributed by atoms with van der Waals surface area (Å²) in [4.78, 5) is 0. The first-order chi connectivity index (χ1) is 11.2. The Balaban J connectivity index is 1.87. The minimum Gasteiger partial charge on any atom is -0.385 e. The van der Waals surface area contributed by atoms with Crippen LogP contribution in [0.3, 0.4) is 0 Å². The number of halogens is 3. The Morgan fingerprint density at radius 2 is 1.92 bits per heavy atom. The quantitative estimate of drug-likeness (QED) is 0.875. The molecule has 3 rings (SSSR count). The zero-order valence-electron chi connectivity index (χ0n) is 13.4. The zero-order valence-corrected chi connectivity index (χ0v) is 13.4. The second kappa shape index (κ2) is 5.89. The SMILES string of the molecule is Cc1cc(C2CC(O)(c3ccc(C(F)(F)F)cc3)CC(C)N2)on1. The summed E-state index contributed by atoms with van der Waals surface area (Å²) in [6.45, 7) is 3.73. The van der Waals surface area contributed by atoms with Gasteiger partial charge in [0.2, 0.25) is 0 Å². The molecule has 0 aliphatic carbocycles. The topological polar surface area (TPSA) is 58.3 Å². The number of rotatable bonds is 2. The molecule has 0 radical (unpaired) electrons. The number of hydrogen-bond donors (Lipinski definition) is 2. The van der Waals surface area contributed by atoms with Gasteiger partial charge in [-0.1, -0.05) is 17.3 Å². The smallest absolute Gasteiger partial charge is 0.385 e. The summed E-state index contributed by atoms with van der Waals surface area (Å²) < 4.78 is 43.4. The summed E-state index contributed by atoms with van der Waals surface area (Å²) in [5.74, 6) is 0.615. The van der Waals surface area contributed by atoms with Gasteiger partial charge in [0.1, 0.15) is 0 Å². The van der Waals surface area contributed by atoms with Crippen LogP contribution in [-0.2, 0) is 11.8 Å². The molecule has 1 aromatic heterocycles. The van der Waals surface area contributed by atoms with Crippen LogP contribution in [0.15, 0.2) is 34.9 Å². The van der Waals surface area contributed by atoms with Crippen LogP contribution < -0.4 is 5.32 Å². The Labute approximate surface area is 137 Å². The summed E-state index contributed by atoms with van der Waals surface area (Å²) in [6, 6.07) is 6.24. The Morgan fingerprint density at radius 1 is 1.25 bits per heavy atom. The van der Waals surface area contributed by atoms with Crippen molar-refractivity contribution in [1.29, 1.82) is 0 Å². The van der Waals surface area contributed by atoms with Crippen molar-refractivity contribution < 1.29 is 22.8 Å². The van der Waals surface area contributed by atoms with E-state index in [1.54, 1.807) is 13.0 Å². The van der Waals surface area contributed by atoms with Gasteiger partial charge in [-0.15, -0.1) is 0 Å². The van der Waals surface area contributed by atoms with Crippen LogP contribution >= 0.6 is 0 Å². The van der Waals surface area contributed by atoms with E-state index < -0.39 is 17.3 Å². The van der Waals surface area contributed by atoms with E-state index in [2.05, 4.69) is 10.5 Å². The lowest BCUT2D eigenvalue weighted by atomic mass is 9.78. The highest BCUT2D eigenvalue weighted by Gasteiger charge is 2.41. The molecular formula is C17H19F3N2O2. The normalized spacial score (nSPS) is 28.1. The van der Waals surface area contributed by atoms with Crippen molar-refractivity contribution in [2.45, 2.75) is 50.6 Å². The first-order valence-corrected chi connectivity index (χ1v) is 7.77. The summed E-state index contributed by atoms with van der Waals surface area (Å²) in [5.41, 5.74) is -0.729. The molecule has 3 atom stereocenters. The lowest BCUT2D eigenvalue weighted by Crippen LogP contribution is -2.46. The van der Waals surface area contributed by atoms with Crippen LogP contribution in [0, 0.1) is 6.92 Å². The molecule has 1 aliphatic rings. The third-order valence-electron chi connectivity index (χ3n) is 4.41. The number of aliphatic hydroxyl groups is 1. The third-order valence-corrected chi connectivity index (χ3v) is 4.41. The molecule has 0 amide bonds. The molecule has 24 heavy (non-hydrogen) atoms. The van der Waals surface area contributed by atoms with Gasteiger partial charge in [0.15, 0.2) is 5.76 Å². The number of benzene rings is 1. The molecule has 7 heteroatoms. The maximum Gasteiger partial charge on any atom is 0.416 e. The molecule has 4 nitrogen and oxygen atoms in total. The average Bonchev–Trinajstić information content (AvgIpc) is 2.92. The lowest BCUT2D eigenvalue weighted by molar-refractivity contribution is -0.137. The van der Waals surface area contributed by atoms with Gasteiger partial charge in [-0.3, -0.25) is 0 Å². The van der Waals surface area contributed by atoms with Crippen molar-refractivity contribution in [2.75, 3.05) is 0 Å². The van der Waals surface area contributed by atoms with Crippen molar-refractivity contribution in [2.24, 2.45) is 0 Å². The zero-order chi connectivity index (χ0) is 17.5. The minimum atomic E-state index is -4.39. The second-order valence-corrected chi connectivity index (χ2v) is 6.51. The fourth-order valence-electron chi connectivity index (χ4n) is 3.32. The largest absolute Gasteiger partial charge is 0.416 e. The summed E-state index contributed by atoms with van der Waals surface area (Å²) in [7, 11) is 0. The van der Waals surface area contributed by atoms with Gasteiger partial charge in [-0.2, -0.15) is 13.2 Å². The molecule has 2 heterocycles. The van der Waals surface area contributed by atoms with Crippen molar-refractivity contribution >= 4 is 0 Å². The van der Waals surface area contributed by atoms with E-state index in [0.717, 1.165) is 17.8 Å². The van der Waals surface area contributed by atoms with Crippen molar-refractivity contribution in [1.82, 2.24) is 10.5 Å². The number of alkyl halides is 3. The number of piperidine rings is 1. The first-order valence-electron chi connectivity index (χ1n) is 7.77. The maximum absolute atomic E-state index is 12.7. The van der Waals surface area contributed by atoms with E-state index in [0.29, 0.717) is 24.2 Å². The maximum atomic E-state index is 12.7. The summed E-state index contributed by atoms with van der Waals surface area (Å²) >= 11 is 0. The van der Waals surface area contributed by atoms with Crippen LogP contribution in [0.4, 0.5) is 13.2 Å². The number of aryl methyl sites for hydroxylation is 1. The standard InChI is InChI=1S/C17H19F3N2O2/c1-10-7-15(24-22-10)14-9-16(23,8-11(2)21-14)12-3-5-13(6-4-12)17(18,19)20/h3-7,11,14,21,23H,8-9H2,1-2H3. The number of nitrogens with zero attached hydrogens (tertiary/aromatic N) is 1. The fraction of sp³-hybridized carbons (Fsp3) is 0.471. The average molecular weight is 340 g/mol. The van der Waals surface area contributed by atoms with E-state index in [4.69, 9.17) is 4.52 Å². The number of nitrogens with one attached hydrogen (secondary N) is 1. The van der Waals surface area contributed by atoms with E-state index in [9.17, 15) is 18.3 Å². The number of hydrogen-bond acceptors (Lipinski definition) is 4. The van der Waals surface area contributed by atoms with Gasteiger partial charge in [0.25, 0.3) is 0 Å². The van der Waals surface area contributed by atoms with Crippen LogP contribution in [0.1, 0.15) is 48.4 Å². The highest BCUT2D eigenvalue weighted by Crippen LogP contribution is 2.41. The molecule has 1 saturated heterocycles. The van der Waals surface area contributed by atoms with E-state index in [-0.39, 0.29) is 12.1 Å². The molecule has 130 valence electrons. The molecule has 1 fully saturated rings. The van der Waals surface area contributed by atoms with E-state index >= 15 is 0 Å². The Hall–Kier alpha value is -1.86. The Bertz CT molecular complexity index is 711. The van der Waals surface area contributed by atoms with Gasteiger partial charge in [0, 0.05) is 18.5 Å². The highest BCUT2D eigenvalue weighted by atomic mass is 19.4. The molecule has 2 aromatic rings. The van der Waals surface area contributed by atoms with Crippen LogP contribution in [0.25, 0.3) is 0 Å². The van der Waals surface area contributed by atoms with Gasteiger partial charge < -0.3 is 14.9 Å². The molecule has 1 aliphatic heterocycles. The van der Waals surface area contributed by atoms with Crippen LogP contribution in [0.2, 0.25) is 0 Å². The second-order valence-electron chi connectivity index (χ2n) is 6.51. The van der Waals surface area contributed by atoms with Crippen LogP contribution in [0.5, 0.6) is 0 Å². The van der Waals surface area contributed by atoms with Crippen molar-refractivity contribution in [3.63, 3.8) is 0 Å². The van der Waals surface area contributed by atoms with Crippen molar-refractivity contribution in [3.05, 3.63) is 52.9 Å². The van der Waals surface area contributed by atoms with Gasteiger partial charge in [0.05, 0.1) is 22.9 Å². The van der Waals surface area contributed by atoms with Crippen molar-refractivity contribution in [3.8, 4) is 0 Å². The molecule has 0 spiro atoms. The first kappa shape index (κ1) is 17.0. The molecule has 1 aromatic carbocycles. The minimum absolute atomic E-state index is 0.0264. The highest BCUT2D eigenvalue weighted by molar-refractivity contribution is 5.30. The monoisotopic (exact) mass is 340 g/mol. The van der Waals surface area contributed by atoms with Gasteiger partial charge >= 0.3 is 6.18 Å². The predicted molar refractivity (Wildman–Crippen MR) is 81.2 cm³/mol. The van der Waals surface area contributed by atoms with E-state index in [1.165, 1.54) is 12.1 Å². The third kappa shape index (κ3) is 3.32. The van der Waals surface area contributed by atoms with E-state index in [1.807, 2.05) is 6.92 Å². The molecule has 3 unspecified atom stereocenters. The number of aromatic nitrogens is 1. The Morgan fingerprint density at radius 3 is 2.46 bits per heavy atom. The molecule has 2 N–H and O–H groups in total. The molecule has 0 bridgehead atoms. The van der Waals surface area contributed by atoms with Gasteiger partial charge in [-0.05, 0) is 38.0 Å². The summed E-state index contributed by atoms with van der Waals surface area (Å²) in [6.07, 6.45) is -3.68. The van der Waals surface area contributed by atoms with Gasteiger partial charge in [-0.25, -0.2) is 0 Å². The lowest BCUT2D eigenvalue weighted by Gasteiger charge is -2.40. The predicted octanol–water partition coefficient (Wildman–Crippen LogP) is 3.70. The fourth-order valence-corrected chi connectivity index (χ4v) is 3.32. The summed E-state index contributed by atoms with van der Waals surface area (Å²) in [5, 5.41) is 18.2. The van der Waals surface area contributed by atoms with Crippen LogP contribution in [-0.4, -0.2) is 16.3 Å². The molecular weight excluding hydrogens is 321 g/mol.